The van der Waals surface area contributed by atoms with E-state index in [2.05, 4.69) is 20.8 Å². The summed E-state index contributed by atoms with van der Waals surface area (Å²) in [7, 11) is 0. The summed E-state index contributed by atoms with van der Waals surface area (Å²) in [6, 6.07) is 0. The number of ether oxygens (including phenoxy) is 3. The van der Waals surface area contributed by atoms with Gasteiger partial charge in [-0.25, -0.2) is 4.79 Å². The van der Waals surface area contributed by atoms with Crippen molar-refractivity contribution in [3.8, 4) is 0 Å². The van der Waals surface area contributed by atoms with E-state index in [-0.39, 0.29) is 24.8 Å². The van der Waals surface area contributed by atoms with Crippen molar-refractivity contribution >= 4 is 5.97 Å². The smallest absolute Gasteiger partial charge is 0.335 e. The van der Waals surface area contributed by atoms with Crippen molar-refractivity contribution in [1.82, 2.24) is 0 Å². The van der Waals surface area contributed by atoms with Crippen LogP contribution in [0, 0.1) is 11.3 Å². The normalized spacial score (nSPS) is 29.3. The molecule has 0 bridgehead atoms. The van der Waals surface area contributed by atoms with Gasteiger partial charge in [-0.3, -0.25) is 0 Å². The van der Waals surface area contributed by atoms with E-state index >= 15 is 0 Å². The van der Waals surface area contributed by atoms with Crippen molar-refractivity contribution in [1.29, 1.82) is 0 Å². The van der Waals surface area contributed by atoms with Gasteiger partial charge in [0.25, 0.3) is 0 Å². The lowest BCUT2D eigenvalue weighted by molar-refractivity contribution is -0.170. The van der Waals surface area contributed by atoms with Gasteiger partial charge in [0.15, 0.2) is 6.10 Å². The van der Waals surface area contributed by atoms with Gasteiger partial charge in [0, 0.05) is 6.61 Å². The minimum atomic E-state index is -0.463. The Labute approximate surface area is 141 Å². The molecule has 0 aromatic rings. The van der Waals surface area contributed by atoms with Crippen molar-refractivity contribution in [2.75, 3.05) is 13.2 Å². The van der Waals surface area contributed by atoms with Crippen LogP contribution in [-0.4, -0.2) is 37.0 Å². The fraction of sp³-hybridized carbons (Fsp3) is 0.947. The highest BCUT2D eigenvalue weighted by molar-refractivity contribution is 5.74. The van der Waals surface area contributed by atoms with Gasteiger partial charge in [0.05, 0.1) is 11.7 Å². The van der Waals surface area contributed by atoms with Crippen LogP contribution in [-0.2, 0) is 19.0 Å². The molecule has 2 fully saturated rings. The Morgan fingerprint density at radius 2 is 2.04 bits per heavy atom. The molecule has 134 valence electrons. The summed E-state index contributed by atoms with van der Waals surface area (Å²) in [6.45, 7) is 11.8. The predicted molar refractivity (Wildman–Crippen MR) is 90.3 cm³/mol. The summed E-state index contributed by atoms with van der Waals surface area (Å²) < 4.78 is 17.1. The van der Waals surface area contributed by atoms with Crippen LogP contribution in [0.1, 0.15) is 73.1 Å². The first-order chi connectivity index (χ1) is 10.7. The third kappa shape index (κ3) is 5.75. The first-order valence-electron chi connectivity index (χ1n) is 9.15. The second kappa shape index (κ2) is 7.52. The molecule has 23 heavy (non-hydrogen) atoms. The van der Waals surface area contributed by atoms with E-state index in [1.165, 1.54) is 25.7 Å². The van der Waals surface area contributed by atoms with Crippen molar-refractivity contribution in [2.45, 2.75) is 91.0 Å². The highest BCUT2D eigenvalue weighted by atomic mass is 16.6. The van der Waals surface area contributed by atoms with Crippen molar-refractivity contribution in [3.63, 3.8) is 0 Å². The summed E-state index contributed by atoms with van der Waals surface area (Å²) in [4.78, 5) is 12.0. The van der Waals surface area contributed by atoms with Crippen LogP contribution in [0.2, 0.25) is 0 Å². The molecule has 1 aliphatic heterocycles. The second-order valence-electron chi connectivity index (χ2n) is 8.71. The SMILES string of the molecule is CC(OC(C)(C)COC(=O)C1CCCO1)C1CCCC(C)(C)C1. The molecule has 4 nitrogen and oxygen atoms in total. The van der Waals surface area contributed by atoms with Crippen molar-refractivity contribution in [3.05, 3.63) is 0 Å². The van der Waals surface area contributed by atoms with E-state index in [1.807, 2.05) is 13.8 Å². The van der Waals surface area contributed by atoms with E-state index in [0.717, 1.165) is 12.8 Å². The molecule has 0 aromatic heterocycles. The fourth-order valence-electron chi connectivity index (χ4n) is 3.89. The topological polar surface area (TPSA) is 44.8 Å². The second-order valence-corrected chi connectivity index (χ2v) is 8.71. The number of carbonyl (C=O) groups is 1. The lowest BCUT2D eigenvalue weighted by atomic mass is 9.71. The van der Waals surface area contributed by atoms with Gasteiger partial charge in [0.1, 0.15) is 6.61 Å². The van der Waals surface area contributed by atoms with Gasteiger partial charge < -0.3 is 14.2 Å². The fourth-order valence-corrected chi connectivity index (χ4v) is 3.89. The van der Waals surface area contributed by atoms with Crippen LogP contribution >= 0.6 is 0 Å². The molecule has 1 saturated heterocycles. The zero-order valence-corrected chi connectivity index (χ0v) is 15.5. The zero-order chi connectivity index (χ0) is 17.1. The van der Waals surface area contributed by atoms with Crippen LogP contribution in [0.5, 0.6) is 0 Å². The van der Waals surface area contributed by atoms with Gasteiger partial charge >= 0.3 is 5.97 Å². The molecular formula is C19H34O4. The van der Waals surface area contributed by atoms with Gasteiger partial charge in [-0.1, -0.05) is 20.3 Å². The summed E-state index contributed by atoms with van der Waals surface area (Å²) in [5.41, 5.74) is -0.0494. The first-order valence-corrected chi connectivity index (χ1v) is 9.15. The largest absolute Gasteiger partial charge is 0.461 e. The van der Waals surface area contributed by atoms with Crippen molar-refractivity contribution in [2.24, 2.45) is 11.3 Å². The molecule has 2 aliphatic rings. The standard InChI is InChI=1S/C19H34O4/c1-14(15-8-6-10-18(2,3)12-15)23-19(4,5)13-22-17(20)16-9-7-11-21-16/h14-16H,6-13H2,1-5H3. The van der Waals surface area contributed by atoms with E-state index in [0.29, 0.717) is 17.9 Å². The summed E-state index contributed by atoms with van der Waals surface area (Å²) in [5.74, 6) is 0.345. The maximum absolute atomic E-state index is 12.0. The Kier molecular flexibility index (Phi) is 6.12. The molecule has 3 unspecified atom stereocenters. The molecule has 1 aliphatic carbocycles. The van der Waals surface area contributed by atoms with Gasteiger partial charge in [-0.15, -0.1) is 0 Å². The molecule has 1 heterocycles. The van der Waals surface area contributed by atoms with Gasteiger partial charge in [-0.2, -0.15) is 0 Å². The quantitative estimate of drug-likeness (QED) is 0.689. The number of rotatable bonds is 6. The third-order valence-electron chi connectivity index (χ3n) is 5.17. The Balaban J connectivity index is 1.78. The molecule has 0 radical (unpaired) electrons. The summed E-state index contributed by atoms with van der Waals surface area (Å²) in [5, 5.41) is 0. The van der Waals surface area contributed by atoms with E-state index in [4.69, 9.17) is 14.2 Å². The predicted octanol–water partition coefficient (Wildman–Crippen LogP) is 4.11. The first kappa shape index (κ1) is 18.7. The van der Waals surface area contributed by atoms with E-state index in [1.54, 1.807) is 0 Å². The molecule has 3 atom stereocenters. The molecular weight excluding hydrogens is 292 g/mol. The number of esters is 1. The number of carbonyl (C=O) groups excluding carboxylic acids is 1. The molecule has 0 amide bonds. The Bertz CT molecular complexity index is 396. The summed E-state index contributed by atoms with van der Waals surface area (Å²) in [6.07, 6.45) is 6.55. The molecule has 0 spiro atoms. The van der Waals surface area contributed by atoms with Gasteiger partial charge in [-0.05, 0) is 64.2 Å². The van der Waals surface area contributed by atoms with Crippen LogP contribution in [0.3, 0.4) is 0 Å². The Hall–Kier alpha value is -0.610. The Morgan fingerprint density at radius 3 is 2.65 bits per heavy atom. The molecule has 4 heteroatoms. The minimum Gasteiger partial charge on any atom is -0.461 e. The van der Waals surface area contributed by atoms with Gasteiger partial charge in [0.2, 0.25) is 0 Å². The molecule has 0 N–H and O–H groups in total. The molecule has 1 saturated carbocycles. The third-order valence-corrected chi connectivity index (χ3v) is 5.17. The number of hydrogen-bond donors (Lipinski definition) is 0. The molecule has 2 rings (SSSR count). The monoisotopic (exact) mass is 326 g/mol. The summed E-state index contributed by atoms with van der Waals surface area (Å²) >= 11 is 0. The maximum Gasteiger partial charge on any atom is 0.335 e. The van der Waals surface area contributed by atoms with Crippen LogP contribution < -0.4 is 0 Å². The zero-order valence-electron chi connectivity index (χ0n) is 15.5. The number of hydrogen-bond acceptors (Lipinski definition) is 4. The van der Waals surface area contributed by atoms with Crippen molar-refractivity contribution < 1.29 is 19.0 Å². The molecule has 0 aromatic carbocycles. The highest BCUT2D eigenvalue weighted by Gasteiger charge is 2.35. The van der Waals surface area contributed by atoms with E-state index < -0.39 is 5.60 Å². The van der Waals surface area contributed by atoms with E-state index in [9.17, 15) is 4.79 Å². The lowest BCUT2D eigenvalue weighted by Gasteiger charge is -2.40. The lowest BCUT2D eigenvalue weighted by Crippen LogP contribution is -2.40. The maximum atomic E-state index is 12.0. The average molecular weight is 326 g/mol. The Morgan fingerprint density at radius 1 is 1.30 bits per heavy atom. The van der Waals surface area contributed by atoms with Crippen LogP contribution in [0.15, 0.2) is 0 Å². The van der Waals surface area contributed by atoms with Crippen LogP contribution in [0.25, 0.3) is 0 Å². The average Bonchev–Trinajstić information content (AvgIpc) is 2.97. The van der Waals surface area contributed by atoms with Crippen LogP contribution in [0.4, 0.5) is 0 Å². The highest BCUT2D eigenvalue weighted by Crippen LogP contribution is 2.41. The minimum absolute atomic E-state index is 0.186.